The second-order valence-electron chi connectivity index (χ2n) is 8.27. The molecule has 1 fully saturated rings. The number of aromatic nitrogens is 2. The molecule has 1 amide bonds. The first kappa shape index (κ1) is 23.8. The number of thiophene rings is 1. The van der Waals surface area contributed by atoms with Gasteiger partial charge in [-0.3, -0.25) is 14.2 Å². The normalized spacial score (nSPS) is 18.6. The lowest BCUT2D eigenvalue weighted by molar-refractivity contribution is -0.140. The summed E-state index contributed by atoms with van der Waals surface area (Å²) < 4.78 is 12.7. The van der Waals surface area contributed by atoms with Crippen LogP contribution in [0.25, 0.3) is 15.9 Å². The molecule has 3 heterocycles. The van der Waals surface area contributed by atoms with E-state index in [-0.39, 0.29) is 29.4 Å². The van der Waals surface area contributed by atoms with Crippen molar-refractivity contribution in [3.05, 3.63) is 45.1 Å². The van der Waals surface area contributed by atoms with Crippen LogP contribution in [0.3, 0.4) is 0 Å². The van der Waals surface area contributed by atoms with Gasteiger partial charge in [0.1, 0.15) is 10.6 Å². The molecular formula is C24H29N3O4S2. The van der Waals surface area contributed by atoms with E-state index in [0.29, 0.717) is 35.1 Å². The molecule has 0 aliphatic carbocycles. The zero-order chi connectivity index (χ0) is 23.7. The van der Waals surface area contributed by atoms with Gasteiger partial charge in [0.2, 0.25) is 5.91 Å². The molecule has 1 aliphatic rings. The number of benzene rings is 1. The first-order valence-electron chi connectivity index (χ1n) is 11.1. The standard InChI is InChI=1S/C24H29N3O4S2/c1-6-19-16(4)21-22(33-19)25-24(27(23(21)29)17-8-7-9-18(10-17)30-5)32-13-20(28)26-11-14(2)31-15(3)12-26/h7-10,14-15H,6,11-13H2,1-5H3. The van der Waals surface area contributed by atoms with E-state index < -0.39 is 0 Å². The molecule has 2 unspecified atom stereocenters. The molecule has 0 spiro atoms. The van der Waals surface area contributed by atoms with Crippen LogP contribution in [0.5, 0.6) is 5.75 Å². The van der Waals surface area contributed by atoms with Gasteiger partial charge in [-0.25, -0.2) is 4.98 Å². The third-order valence-electron chi connectivity index (χ3n) is 5.76. The number of nitrogens with zero attached hydrogens (tertiary/aromatic N) is 3. The van der Waals surface area contributed by atoms with Crippen molar-refractivity contribution in [3.8, 4) is 11.4 Å². The van der Waals surface area contributed by atoms with E-state index >= 15 is 0 Å². The molecule has 4 rings (SSSR count). The molecular weight excluding hydrogens is 458 g/mol. The Bertz CT molecular complexity index is 1230. The summed E-state index contributed by atoms with van der Waals surface area (Å²) in [6.07, 6.45) is 0.863. The van der Waals surface area contributed by atoms with Crippen molar-refractivity contribution in [2.24, 2.45) is 0 Å². The number of aryl methyl sites for hydroxylation is 2. The van der Waals surface area contributed by atoms with E-state index in [1.807, 2.05) is 49.9 Å². The molecule has 0 saturated carbocycles. The third-order valence-corrected chi connectivity index (χ3v) is 8.02. The lowest BCUT2D eigenvalue weighted by atomic mass is 10.2. The molecule has 176 valence electrons. The van der Waals surface area contributed by atoms with Gasteiger partial charge in [0.15, 0.2) is 5.16 Å². The highest BCUT2D eigenvalue weighted by atomic mass is 32.2. The average molecular weight is 488 g/mol. The van der Waals surface area contributed by atoms with Crippen LogP contribution in [-0.2, 0) is 16.0 Å². The van der Waals surface area contributed by atoms with E-state index in [2.05, 4.69) is 6.92 Å². The highest BCUT2D eigenvalue weighted by Gasteiger charge is 2.27. The molecule has 2 atom stereocenters. The third kappa shape index (κ3) is 4.81. The van der Waals surface area contributed by atoms with Crippen LogP contribution in [0.1, 0.15) is 31.2 Å². The highest BCUT2D eigenvalue weighted by molar-refractivity contribution is 7.99. The van der Waals surface area contributed by atoms with Crippen LogP contribution in [0.2, 0.25) is 0 Å². The number of morpholine rings is 1. The number of carbonyl (C=O) groups is 1. The molecule has 2 aromatic heterocycles. The first-order chi connectivity index (χ1) is 15.8. The quantitative estimate of drug-likeness (QED) is 0.386. The maximum absolute atomic E-state index is 13.7. The van der Waals surface area contributed by atoms with Crippen molar-refractivity contribution in [1.29, 1.82) is 0 Å². The molecule has 3 aromatic rings. The zero-order valence-corrected chi connectivity index (χ0v) is 21.2. The molecule has 9 heteroatoms. The van der Waals surface area contributed by atoms with Crippen LogP contribution in [-0.4, -0.2) is 58.5 Å². The van der Waals surface area contributed by atoms with Gasteiger partial charge in [0, 0.05) is 24.0 Å². The van der Waals surface area contributed by atoms with E-state index in [1.54, 1.807) is 23.0 Å². The molecule has 1 aromatic carbocycles. The van der Waals surface area contributed by atoms with Crippen molar-refractivity contribution < 1.29 is 14.3 Å². The van der Waals surface area contributed by atoms with Crippen LogP contribution >= 0.6 is 23.1 Å². The topological polar surface area (TPSA) is 73.7 Å². The van der Waals surface area contributed by atoms with Crippen molar-refractivity contribution in [3.63, 3.8) is 0 Å². The first-order valence-corrected chi connectivity index (χ1v) is 12.9. The summed E-state index contributed by atoms with van der Waals surface area (Å²) in [5, 5.41) is 1.15. The number of hydrogen-bond donors (Lipinski definition) is 0. The largest absolute Gasteiger partial charge is 0.497 e. The summed E-state index contributed by atoms with van der Waals surface area (Å²) in [7, 11) is 1.60. The number of carbonyl (C=O) groups excluding carboxylic acids is 1. The molecule has 0 bridgehead atoms. The Hall–Kier alpha value is -2.36. The van der Waals surface area contributed by atoms with Gasteiger partial charge in [-0.05, 0) is 44.9 Å². The van der Waals surface area contributed by atoms with Gasteiger partial charge in [0.25, 0.3) is 5.56 Å². The number of fused-ring (bicyclic) bond motifs is 1. The summed E-state index contributed by atoms with van der Waals surface area (Å²) in [6, 6.07) is 7.35. The minimum absolute atomic E-state index is 0.00805. The lowest BCUT2D eigenvalue weighted by Gasteiger charge is -2.35. The fraction of sp³-hybridized carbons (Fsp3) is 0.458. The van der Waals surface area contributed by atoms with Crippen molar-refractivity contribution in [2.75, 3.05) is 26.0 Å². The average Bonchev–Trinajstić information content (AvgIpc) is 3.12. The second-order valence-corrected chi connectivity index (χ2v) is 10.3. The summed E-state index contributed by atoms with van der Waals surface area (Å²) in [6.45, 7) is 9.16. The fourth-order valence-corrected chi connectivity index (χ4v) is 6.29. The van der Waals surface area contributed by atoms with E-state index in [1.165, 1.54) is 11.8 Å². The smallest absolute Gasteiger partial charge is 0.267 e. The molecule has 1 aliphatic heterocycles. The molecule has 33 heavy (non-hydrogen) atoms. The monoisotopic (exact) mass is 487 g/mol. The Morgan fingerprint density at radius 2 is 2.03 bits per heavy atom. The predicted molar refractivity (Wildman–Crippen MR) is 133 cm³/mol. The van der Waals surface area contributed by atoms with Crippen LogP contribution in [0.4, 0.5) is 0 Å². The number of methoxy groups -OCH3 is 1. The van der Waals surface area contributed by atoms with Crippen LogP contribution in [0, 0.1) is 6.92 Å². The van der Waals surface area contributed by atoms with Gasteiger partial charge >= 0.3 is 0 Å². The van der Waals surface area contributed by atoms with Gasteiger partial charge in [-0.1, -0.05) is 24.8 Å². The Morgan fingerprint density at radius 1 is 1.30 bits per heavy atom. The second kappa shape index (κ2) is 9.87. The van der Waals surface area contributed by atoms with Crippen molar-refractivity contribution in [2.45, 2.75) is 51.5 Å². The van der Waals surface area contributed by atoms with Gasteiger partial charge in [0.05, 0.1) is 36.1 Å². The maximum atomic E-state index is 13.7. The van der Waals surface area contributed by atoms with Gasteiger partial charge in [-0.15, -0.1) is 11.3 Å². The molecule has 1 saturated heterocycles. The van der Waals surface area contributed by atoms with Crippen LogP contribution in [0.15, 0.2) is 34.2 Å². The molecule has 0 N–H and O–H groups in total. The Kier molecular flexibility index (Phi) is 7.11. The Labute approximate surface area is 201 Å². The maximum Gasteiger partial charge on any atom is 0.267 e. The minimum atomic E-state index is -0.120. The van der Waals surface area contributed by atoms with Crippen molar-refractivity contribution >= 4 is 39.2 Å². The summed E-state index contributed by atoms with van der Waals surface area (Å²) in [4.78, 5) is 35.2. The lowest BCUT2D eigenvalue weighted by Crippen LogP contribution is -2.48. The highest BCUT2D eigenvalue weighted by Crippen LogP contribution is 2.31. The number of amides is 1. The predicted octanol–water partition coefficient (Wildman–Crippen LogP) is 4.05. The Morgan fingerprint density at radius 3 is 2.70 bits per heavy atom. The molecule has 0 radical (unpaired) electrons. The minimum Gasteiger partial charge on any atom is -0.497 e. The summed E-state index contributed by atoms with van der Waals surface area (Å²) >= 11 is 2.85. The van der Waals surface area contributed by atoms with Gasteiger partial charge in [-0.2, -0.15) is 0 Å². The molecule has 7 nitrogen and oxygen atoms in total. The number of rotatable bonds is 6. The Balaban J connectivity index is 1.74. The van der Waals surface area contributed by atoms with E-state index in [9.17, 15) is 9.59 Å². The fourth-order valence-electron chi connectivity index (χ4n) is 4.22. The number of thioether (sulfide) groups is 1. The van der Waals surface area contributed by atoms with E-state index in [4.69, 9.17) is 14.5 Å². The van der Waals surface area contributed by atoms with Crippen LogP contribution < -0.4 is 10.3 Å². The SMILES string of the molecule is CCc1sc2nc(SCC(=O)N3CC(C)OC(C)C3)n(-c3cccc(OC)c3)c(=O)c2c1C. The zero-order valence-electron chi connectivity index (χ0n) is 19.6. The van der Waals surface area contributed by atoms with E-state index in [0.717, 1.165) is 21.7 Å². The number of hydrogen-bond acceptors (Lipinski definition) is 7. The number of ether oxygens (including phenoxy) is 2. The van der Waals surface area contributed by atoms with Gasteiger partial charge < -0.3 is 14.4 Å². The summed E-state index contributed by atoms with van der Waals surface area (Å²) in [5.41, 5.74) is 1.53. The summed E-state index contributed by atoms with van der Waals surface area (Å²) in [5.74, 6) is 0.871. The van der Waals surface area contributed by atoms with Crippen molar-refractivity contribution in [1.82, 2.24) is 14.5 Å².